The number of aromatic amines is 1. The van der Waals surface area contributed by atoms with Crippen LogP contribution in [-0.4, -0.2) is 27.5 Å². The van der Waals surface area contributed by atoms with Crippen molar-refractivity contribution in [3.05, 3.63) is 57.6 Å². The van der Waals surface area contributed by atoms with E-state index in [9.17, 15) is 14.4 Å². The molecule has 9 heteroatoms. The normalized spacial score (nSPS) is 15.0. The highest BCUT2D eigenvalue weighted by Gasteiger charge is 2.23. The summed E-state index contributed by atoms with van der Waals surface area (Å²) in [7, 11) is 0. The molecular weight excluding hydrogens is 428 g/mol. The number of fused-ring (bicyclic) bond motifs is 2. The molecule has 1 aromatic heterocycles. The molecule has 2 aromatic carbocycles. The molecular formula is C23H24N4O4S. The summed E-state index contributed by atoms with van der Waals surface area (Å²) in [5.41, 5.74) is 1.78. The van der Waals surface area contributed by atoms with Crippen LogP contribution in [0.5, 0.6) is 5.75 Å². The van der Waals surface area contributed by atoms with Crippen LogP contribution in [0.1, 0.15) is 32.6 Å². The Morgan fingerprint density at radius 3 is 2.81 bits per heavy atom. The molecule has 1 unspecified atom stereocenters. The van der Waals surface area contributed by atoms with E-state index in [2.05, 4.69) is 15.6 Å². The number of carbonyl (C=O) groups excluding carboxylic acids is 2. The van der Waals surface area contributed by atoms with Crippen LogP contribution in [0.4, 0.5) is 11.4 Å². The van der Waals surface area contributed by atoms with E-state index in [0.29, 0.717) is 46.7 Å². The van der Waals surface area contributed by atoms with Gasteiger partial charge in [-0.05, 0) is 62.3 Å². The lowest BCUT2D eigenvalue weighted by atomic mass is 10.1. The van der Waals surface area contributed by atoms with Crippen LogP contribution < -0.4 is 20.9 Å². The molecule has 0 fully saturated rings. The number of H-pyrrole nitrogens is 1. The van der Waals surface area contributed by atoms with Crippen LogP contribution in [0.15, 0.2) is 47.3 Å². The molecule has 1 atom stereocenters. The Balaban J connectivity index is 1.26. The summed E-state index contributed by atoms with van der Waals surface area (Å²) in [5, 5.41) is 6.22. The number of ether oxygens (including phenoxy) is 1. The van der Waals surface area contributed by atoms with Crippen LogP contribution in [-0.2, 0) is 16.1 Å². The number of nitrogens with one attached hydrogen (secondary N) is 3. The smallest absolute Gasteiger partial charge is 0.265 e. The molecule has 1 aliphatic heterocycles. The van der Waals surface area contributed by atoms with Crippen LogP contribution in [0.25, 0.3) is 10.9 Å². The molecule has 2 amide bonds. The molecule has 2 heterocycles. The van der Waals surface area contributed by atoms with Crippen molar-refractivity contribution in [1.82, 2.24) is 9.55 Å². The van der Waals surface area contributed by atoms with Gasteiger partial charge < -0.3 is 20.4 Å². The third kappa shape index (κ3) is 4.72. The number of aromatic nitrogens is 2. The summed E-state index contributed by atoms with van der Waals surface area (Å²) in [4.78, 5) is 39.8. The fourth-order valence-corrected chi connectivity index (χ4v) is 3.93. The molecule has 3 N–H and O–H groups in total. The van der Waals surface area contributed by atoms with Crippen molar-refractivity contribution < 1.29 is 14.3 Å². The summed E-state index contributed by atoms with van der Waals surface area (Å²) >= 11 is 5.32. The molecule has 0 spiro atoms. The number of hydrogen-bond donors (Lipinski definition) is 3. The Hall–Kier alpha value is -3.46. The van der Waals surface area contributed by atoms with Gasteiger partial charge in [-0.2, -0.15) is 0 Å². The van der Waals surface area contributed by atoms with E-state index < -0.39 is 6.10 Å². The summed E-state index contributed by atoms with van der Waals surface area (Å²) in [6.07, 6.45) is 2.03. The highest BCUT2D eigenvalue weighted by atomic mass is 32.1. The molecule has 0 aliphatic carbocycles. The Kier molecular flexibility index (Phi) is 6.36. The van der Waals surface area contributed by atoms with Gasteiger partial charge in [0.05, 0.1) is 16.6 Å². The van der Waals surface area contributed by atoms with Gasteiger partial charge in [-0.15, -0.1) is 0 Å². The number of benzene rings is 2. The highest BCUT2D eigenvalue weighted by molar-refractivity contribution is 7.71. The summed E-state index contributed by atoms with van der Waals surface area (Å²) in [5.74, 6) is 0.255. The number of carbonyl (C=O) groups is 2. The van der Waals surface area contributed by atoms with E-state index in [1.165, 1.54) is 0 Å². The van der Waals surface area contributed by atoms with E-state index in [4.69, 9.17) is 17.0 Å². The second-order valence-electron chi connectivity index (χ2n) is 7.75. The topological polar surface area (TPSA) is 105 Å². The molecule has 0 radical (unpaired) electrons. The fraction of sp³-hybridized carbons (Fsp3) is 0.304. The minimum absolute atomic E-state index is 0.0973. The maximum atomic E-state index is 12.6. The highest BCUT2D eigenvalue weighted by Crippen LogP contribution is 2.32. The molecule has 0 bridgehead atoms. The molecule has 0 saturated heterocycles. The number of amides is 2. The number of anilines is 2. The molecule has 3 aromatic rings. The van der Waals surface area contributed by atoms with Crippen molar-refractivity contribution in [1.29, 1.82) is 0 Å². The van der Waals surface area contributed by atoms with Gasteiger partial charge in [0, 0.05) is 18.7 Å². The molecule has 4 rings (SSSR count). The molecule has 0 saturated carbocycles. The third-order valence-corrected chi connectivity index (χ3v) is 5.69. The van der Waals surface area contributed by atoms with E-state index in [0.717, 1.165) is 18.4 Å². The number of nitrogens with zero attached hydrogens (tertiary/aromatic N) is 1. The lowest BCUT2D eigenvalue weighted by Crippen LogP contribution is -2.34. The molecule has 8 nitrogen and oxygen atoms in total. The lowest BCUT2D eigenvalue weighted by Gasteiger charge is -2.23. The first-order valence-electron chi connectivity index (χ1n) is 10.6. The van der Waals surface area contributed by atoms with Gasteiger partial charge in [-0.1, -0.05) is 18.6 Å². The van der Waals surface area contributed by atoms with E-state index >= 15 is 0 Å². The van der Waals surface area contributed by atoms with E-state index in [-0.39, 0.29) is 17.4 Å². The van der Waals surface area contributed by atoms with Crippen LogP contribution in [0.2, 0.25) is 0 Å². The van der Waals surface area contributed by atoms with Crippen molar-refractivity contribution in [3.8, 4) is 5.75 Å². The zero-order valence-electron chi connectivity index (χ0n) is 17.6. The van der Waals surface area contributed by atoms with Gasteiger partial charge in [0.15, 0.2) is 10.9 Å². The summed E-state index contributed by atoms with van der Waals surface area (Å²) in [6, 6.07) is 12.5. The van der Waals surface area contributed by atoms with Gasteiger partial charge in [0.2, 0.25) is 5.91 Å². The second-order valence-corrected chi connectivity index (χ2v) is 8.14. The largest absolute Gasteiger partial charge is 0.479 e. The number of hydrogen-bond acceptors (Lipinski definition) is 5. The van der Waals surface area contributed by atoms with Gasteiger partial charge >= 0.3 is 0 Å². The Morgan fingerprint density at radius 2 is 1.97 bits per heavy atom. The quantitative estimate of drug-likeness (QED) is 0.372. The number of unbranched alkanes of at least 4 members (excludes halogenated alkanes) is 2. The summed E-state index contributed by atoms with van der Waals surface area (Å²) in [6.45, 7) is 2.18. The monoisotopic (exact) mass is 452 g/mol. The number of rotatable bonds is 7. The van der Waals surface area contributed by atoms with Gasteiger partial charge in [0.25, 0.3) is 11.5 Å². The maximum Gasteiger partial charge on any atom is 0.265 e. The van der Waals surface area contributed by atoms with Crippen molar-refractivity contribution in [2.75, 3.05) is 10.6 Å². The van der Waals surface area contributed by atoms with E-state index in [1.807, 2.05) is 18.2 Å². The minimum atomic E-state index is -0.539. The average Bonchev–Trinajstić information content (AvgIpc) is 2.76. The zero-order valence-corrected chi connectivity index (χ0v) is 18.5. The predicted octanol–water partition coefficient (Wildman–Crippen LogP) is 3.98. The predicted molar refractivity (Wildman–Crippen MR) is 126 cm³/mol. The average molecular weight is 453 g/mol. The lowest BCUT2D eigenvalue weighted by molar-refractivity contribution is -0.122. The Morgan fingerprint density at radius 1 is 1.16 bits per heavy atom. The number of para-hydroxylation sites is 1. The Labute approximate surface area is 189 Å². The first-order valence-corrected chi connectivity index (χ1v) is 11.0. The minimum Gasteiger partial charge on any atom is -0.479 e. The standard InChI is InChI=1S/C23H24N4O4S/c1-14-21(29)25-18-13-15(10-11-19(18)31-14)24-20(28)9-3-2-6-12-27-22(30)16-7-4-5-8-17(16)26-23(27)32/h4-5,7-8,10-11,13-14H,2-3,6,9,12H2,1H3,(H,24,28)(H,25,29)(H,26,32). The first kappa shape index (κ1) is 21.8. The maximum absolute atomic E-state index is 12.6. The molecule has 166 valence electrons. The summed E-state index contributed by atoms with van der Waals surface area (Å²) < 4.78 is 7.49. The van der Waals surface area contributed by atoms with Gasteiger partial charge in [-0.3, -0.25) is 19.0 Å². The van der Waals surface area contributed by atoms with E-state index in [1.54, 1.807) is 35.8 Å². The van der Waals surface area contributed by atoms with Crippen LogP contribution in [0.3, 0.4) is 0 Å². The first-order chi connectivity index (χ1) is 15.4. The van der Waals surface area contributed by atoms with Crippen LogP contribution >= 0.6 is 12.2 Å². The van der Waals surface area contributed by atoms with Gasteiger partial charge in [-0.25, -0.2) is 0 Å². The Bertz CT molecular complexity index is 1300. The third-order valence-electron chi connectivity index (χ3n) is 5.37. The van der Waals surface area contributed by atoms with Crippen molar-refractivity contribution in [3.63, 3.8) is 0 Å². The van der Waals surface area contributed by atoms with Crippen molar-refractivity contribution in [2.45, 2.75) is 45.3 Å². The fourth-order valence-electron chi connectivity index (χ4n) is 3.64. The SMILES string of the molecule is CC1Oc2ccc(NC(=O)CCCCCn3c(=S)[nH]c4ccccc4c3=O)cc2NC1=O. The van der Waals surface area contributed by atoms with Gasteiger partial charge in [0.1, 0.15) is 5.75 Å². The molecule has 32 heavy (non-hydrogen) atoms. The second kappa shape index (κ2) is 9.35. The van der Waals surface area contributed by atoms with Crippen LogP contribution in [0, 0.1) is 4.77 Å². The van der Waals surface area contributed by atoms with Crippen molar-refractivity contribution in [2.24, 2.45) is 0 Å². The van der Waals surface area contributed by atoms with Crippen molar-refractivity contribution >= 4 is 46.3 Å². The molecule has 1 aliphatic rings. The zero-order chi connectivity index (χ0) is 22.7.